The van der Waals surface area contributed by atoms with Gasteiger partial charge in [0.2, 0.25) is 0 Å². The van der Waals surface area contributed by atoms with E-state index in [1.807, 2.05) is 51.2 Å². The number of rotatable bonds is 7. The highest BCUT2D eigenvalue weighted by Crippen LogP contribution is 2.28. The lowest BCUT2D eigenvalue weighted by Crippen LogP contribution is -2.43. The first-order chi connectivity index (χ1) is 15.6. The van der Waals surface area contributed by atoms with E-state index in [0.717, 1.165) is 28.2 Å². The van der Waals surface area contributed by atoms with Crippen LogP contribution in [0.5, 0.6) is 5.75 Å². The summed E-state index contributed by atoms with van der Waals surface area (Å²) in [7, 11) is 2.04. The molecule has 0 spiro atoms. The van der Waals surface area contributed by atoms with Crippen molar-refractivity contribution in [1.82, 2.24) is 14.5 Å². The van der Waals surface area contributed by atoms with Crippen LogP contribution in [0.4, 0.5) is 5.82 Å². The Balaban J connectivity index is 1.58. The van der Waals surface area contributed by atoms with Gasteiger partial charge in [-0.25, -0.2) is 9.97 Å². The molecule has 7 heteroatoms. The molecule has 0 aliphatic rings. The molecule has 2 aromatic carbocycles. The second-order valence-corrected chi connectivity index (χ2v) is 8.80. The molecule has 170 valence electrons. The summed E-state index contributed by atoms with van der Waals surface area (Å²) >= 11 is 0. The third-order valence-electron chi connectivity index (χ3n) is 5.71. The molecule has 0 aliphatic heterocycles. The van der Waals surface area contributed by atoms with Gasteiger partial charge in [-0.05, 0) is 62.9 Å². The molecule has 0 aliphatic carbocycles. The molecule has 4 aromatic rings. The highest BCUT2D eigenvalue weighted by Gasteiger charge is 2.27. The number of carbonyl (C=O) groups is 1. The molecule has 0 radical (unpaired) electrons. The Morgan fingerprint density at radius 1 is 1.12 bits per heavy atom. The number of fused-ring (bicyclic) bond motifs is 1. The van der Waals surface area contributed by atoms with Gasteiger partial charge < -0.3 is 20.4 Å². The summed E-state index contributed by atoms with van der Waals surface area (Å²) in [4.78, 5) is 20.8. The zero-order valence-corrected chi connectivity index (χ0v) is 19.6. The molecule has 1 atom stereocenters. The van der Waals surface area contributed by atoms with Crippen molar-refractivity contribution in [2.45, 2.75) is 39.3 Å². The molecule has 3 N–H and O–H groups in total. The Kier molecular flexibility index (Phi) is 5.80. The maximum absolute atomic E-state index is 11.6. The summed E-state index contributed by atoms with van der Waals surface area (Å²) in [6, 6.07) is 18.0. The second kappa shape index (κ2) is 8.58. The summed E-state index contributed by atoms with van der Waals surface area (Å²) in [5.74, 6) is 1.49. The zero-order chi connectivity index (χ0) is 23.8. The number of aromatic nitrogens is 3. The van der Waals surface area contributed by atoms with Gasteiger partial charge in [-0.1, -0.05) is 24.3 Å². The van der Waals surface area contributed by atoms with Crippen LogP contribution < -0.4 is 15.8 Å². The monoisotopic (exact) mass is 443 g/mol. The molecule has 0 saturated heterocycles. The molecule has 2 heterocycles. The van der Waals surface area contributed by atoms with E-state index in [9.17, 15) is 4.79 Å². The van der Waals surface area contributed by atoms with Crippen molar-refractivity contribution in [3.05, 3.63) is 72.2 Å². The smallest absolute Gasteiger partial charge is 0.261 e. The molecule has 1 amide bonds. The minimum atomic E-state index is -1.09. The van der Waals surface area contributed by atoms with Crippen LogP contribution in [0.15, 0.2) is 60.8 Å². The number of aryl methyl sites for hydroxylation is 2. The SMILES string of the molecule is Cc1nc(NC(C)c2cccc(OC(C)(C)C(N)=O)c2)cc(-c2ccc3ccn(C)c3c2)n1. The Labute approximate surface area is 193 Å². The maximum Gasteiger partial charge on any atom is 0.261 e. The van der Waals surface area contributed by atoms with Gasteiger partial charge in [0.1, 0.15) is 17.4 Å². The van der Waals surface area contributed by atoms with Crippen LogP contribution in [0.1, 0.15) is 38.2 Å². The largest absolute Gasteiger partial charge is 0.478 e. The Morgan fingerprint density at radius 2 is 1.91 bits per heavy atom. The first kappa shape index (κ1) is 22.3. The first-order valence-electron chi connectivity index (χ1n) is 10.9. The topological polar surface area (TPSA) is 95.1 Å². The van der Waals surface area contributed by atoms with E-state index >= 15 is 0 Å². The van der Waals surface area contributed by atoms with Crippen LogP contribution in [0.2, 0.25) is 0 Å². The molecule has 7 nitrogen and oxygen atoms in total. The third kappa shape index (κ3) is 4.82. The van der Waals surface area contributed by atoms with E-state index in [-0.39, 0.29) is 6.04 Å². The predicted molar refractivity (Wildman–Crippen MR) is 131 cm³/mol. The molecule has 0 saturated carbocycles. The van der Waals surface area contributed by atoms with Crippen molar-refractivity contribution < 1.29 is 9.53 Å². The average Bonchev–Trinajstić information content (AvgIpc) is 3.13. The maximum atomic E-state index is 11.6. The lowest BCUT2D eigenvalue weighted by molar-refractivity contribution is -0.130. The molecular formula is C26H29N5O2. The summed E-state index contributed by atoms with van der Waals surface area (Å²) in [5.41, 5.74) is 8.39. The number of amides is 1. The van der Waals surface area contributed by atoms with Crippen molar-refractivity contribution in [1.29, 1.82) is 0 Å². The fraction of sp³-hybridized carbons (Fsp3) is 0.269. The van der Waals surface area contributed by atoms with Gasteiger partial charge in [-0.2, -0.15) is 0 Å². The number of hydrogen-bond acceptors (Lipinski definition) is 5. The number of nitrogens with one attached hydrogen (secondary N) is 1. The highest BCUT2D eigenvalue weighted by molar-refractivity contribution is 5.85. The molecule has 0 fully saturated rings. The van der Waals surface area contributed by atoms with E-state index in [2.05, 4.69) is 50.3 Å². The molecule has 33 heavy (non-hydrogen) atoms. The zero-order valence-electron chi connectivity index (χ0n) is 19.6. The van der Waals surface area contributed by atoms with Gasteiger partial charge in [0.25, 0.3) is 5.91 Å². The van der Waals surface area contributed by atoms with Gasteiger partial charge in [-0.3, -0.25) is 4.79 Å². The Morgan fingerprint density at radius 3 is 2.67 bits per heavy atom. The number of hydrogen-bond donors (Lipinski definition) is 2. The van der Waals surface area contributed by atoms with Gasteiger partial charge >= 0.3 is 0 Å². The summed E-state index contributed by atoms with van der Waals surface area (Å²) in [6.45, 7) is 7.25. The normalized spacial score (nSPS) is 12.5. The fourth-order valence-electron chi connectivity index (χ4n) is 3.71. The first-order valence-corrected chi connectivity index (χ1v) is 10.9. The Bertz CT molecular complexity index is 1330. The average molecular weight is 444 g/mol. The van der Waals surface area contributed by atoms with Crippen molar-refractivity contribution >= 4 is 22.6 Å². The molecule has 4 rings (SSSR count). The second-order valence-electron chi connectivity index (χ2n) is 8.80. The quantitative estimate of drug-likeness (QED) is 0.429. The lowest BCUT2D eigenvalue weighted by Gasteiger charge is -2.23. The van der Waals surface area contributed by atoms with Gasteiger partial charge in [0.15, 0.2) is 5.60 Å². The van der Waals surface area contributed by atoms with Gasteiger partial charge in [0, 0.05) is 30.4 Å². The van der Waals surface area contributed by atoms with Crippen LogP contribution in [0, 0.1) is 6.92 Å². The lowest BCUT2D eigenvalue weighted by atomic mass is 10.1. The van der Waals surface area contributed by atoms with Crippen LogP contribution in [-0.4, -0.2) is 26.0 Å². The number of nitrogens with zero attached hydrogens (tertiary/aromatic N) is 3. The number of nitrogens with two attached hydrogens (primary N) is 1. The molecule has 2 aromatic heterocycles. The predicted octanol–water partition coefficient (Wildman–Crippen LogP) is 4.76. The van der Waals surface area contributed by atoms with Crippen molar-refractivity contribution in [3.8, 4) is 17.0 Å². The number of benzene rings is 2. The van der Waals surface area contributed by atoms with E-state index in [1.165, 1.54) is 5.39 Å². The summed E-state index contributed by atoms with van der Waals surface area (Å²) in [5, 5.41) is 4.66. The minimum absolute atomic E-state index is 0.0530. The van der Waals surface area contributed by atoms with Crippen LogP contribution in [0.25, 0.3) is 22.2 Å². The number of primary amides is 1. The van der Waals surface area contributed by atoms with Gasteiger partial charge in [-0.15, -0.1) is 0 Å². The molecular weight excluding hydrogens is 414 g/mol. The van der Waals surface area contributed by atoms with E-state index in [1.54, 1.807) is 13.8 Å². The van der Waals surface area contributed by atoms with Crippen molar-refractivity contribution in [3.63, 3.8) is 0 Å². The number of carbonyl (C=O) groups excluding carboxylic acids is 1. The standard InChI is InChI=1S/C26H29N5O2/c1-16(19-7-6-8-21(13-19)33-26(3,4)25(27)32)28-24-15-22(29-17(2)30-24)20-10-9-18-11-12-31(5)23(18)14-20/h6-16H,1-5H3,(H2,27,32)(H,28,29,30). The van der Waals surface area contributed by atoms with Crippen LogP contribution in [0.3, 0.4) is 0 Å². The fourth-order valence-corrected chi connectivity index (χ4v) is 3.71. The molecule has 1 unspecified atom stereocenters. The number of ether oxygens (including phenoxy) is 1. The molecule has 0 bridgehead atoms. The van der Waals surface area contributed by atoms with Crippen molar-refractivity contribution in [2.75, 3.05) is 5.32 Å². The Hall–Kier alpha value is -3.87. The van der Waals surface area contributed by atoms with E-state index < -0.39 is 11.5 Å². The van der Waals surface area contributed by atoms with E-state index in [0.29, 0.717) is 11.6 Å². The third-order valence-corrected chi connectivity index (χ3v) is 5.71. The summed E-state index contributed by atoms with van der Waals surface area (Å²) < 4.78 is 7.91. The van der Waals surface area contributed by atoms with Crippen LogP contribution >= 0.6 is 0 Å². The number of anilines is 1. The van der Waals surface area contributed by atoms with E-state index in [4.69, 9.17) is 10.5 Å². The van der Waals surface area contributed by atoms with Gasteiger partial charge in [0.05, 0.1) is 11.7 Å². The van der Waals surface area contributed by atoms with Crippen LogP contribution in [-0.2, 0) is 11.8 Å². The minimum Gasteiger partial charge on any atom is -0.478 e. The highest BCUT2D eigenvalue weighted by atomic mass is 16.5. The van der Waals surface area contributed by atoms with Crippen molar-refractivity contribution in [2.24, 2.45) is 12.8 Å². The summed E-state index contributed by atoms with van der Waals surface area (Å²) in [6.07, 6.45) is 2.05.